The molecule has 5 heteroatoms. The molecule has 0 aliphatic heterocycles. The number of oxime groups is 1. The van der Waals surface area contributed by atoms with E-state index in [9.17, 15) is 4.79 Å². The third-order valence-electron chi connectivity index (χ3n) is 2.59. The Morgan fingerprint density at radius 3 is 2.29 bits per heavy atom. The van der Waals surface area contributed by atoms with Crippen molar-refractivity contribution in [2.75, 3.05) is 0 Å². The first-order valence-electron chi connectivity index (χ1n) is 6.10. The zero-order valence-electron chi connectivity index (χ0n) is 10.9. The van der Waals surface area contributed by atoms with Gasteiger partial charge < -0.3 is 9.94 Å². The molecule has 0 saturated heterocycles. The zero-order chi connectivity index (χ0) is 15.1. The molecule has 106 valence electrons. The third kappa shape index (κ3) is 4.78. The van der Waals surface area contributed by atoms with Gasteiger partial charge in [0.1, 0.15) is 5.75 Å². The van der Waals surface area contributed by atoms with E-state index >= 15 is 0 Å². The second kappa shape index (κ2) is 7.26. The highest BCUT2D eigenvalue weighted by molar-refractivity contribution is 6.30. The monoisotopic (exact) mass is 301 g/mol. The molecule has 21 heavy (non-hydrogen) atoms. The molecule has 0 unspecified atom stereocenters. The highest BCUT2D eigenvalue weighted by Crippen LogP contribution is 2.13. The van der Waals surface area contributed by atoms with E-state index in [0.717, 1.165) is 5.56 Å². The summed E-state index contributed by atoms with van der Waals surface area (Å²) in [5, 5.41) is 11.9. The maximum absolute atomic E-state index is 11.7. The first-order chi connectivity index (χ1) is 10.2. The predicted octanol–water partition coefficient (Wildman–Crippen LogP) is 3.77. The molecule has 0 fully saturated rings. The summed E-state index contributed by atoms with van der Waals surface area (Å²) in [6.45, 7) is 0. The minimum absolute atomic E-state index is 0.413. The molecule has 0 bridgehead atoms. The smallest absolute Gasteiger partial charge is 0.336 e. The fraction of sp³-hybridized carbons (Fsp3) is 0. The van der Waals surface area contributed by atoms with Crippen LogP contribution >= 0.6 is 11.6 Å². The Morgan fingerprint density at radius 1 is 1.05 bits per heavy atom. The summed E-state index contributed by atoms with van der Waals surface area (Å²) in [6.07, 6.45) is 4.27. The highest BCUT2D eigenvalue weighted by Gasteiger charge is 2.00. The lowest BCUT2D eigenvalue weighted by Crippen LogP contribution is -2.03. The standard InChI is InChI=1S/C16H12ClNO3/c17-14-6-1-12(2-7-14)5-10-16(19)21-15-8-3-13(4-9-15)11-18-20/h1-11,20H/b10-5+,18-11+. The van der Waals surface area contributed by atoms with Crippen LogP contribution in [0.3, 0.4) is 0 Å². The molecular formula is C16H12ClNO3. The number of halogens is 1. The van der Waals surface area contributed by atoms with Crippen LogP contribution in [0.4, 0.5) is 0 Å². The van der Waals surface area contributed by atoms with Crippen molar-refractivity contribution >= 4 is 29.9 Å². The molecule has 0 amide bonds. The lowest BCUT2D eigenvalue weighted by Gasteiger charge is -2.01. The summed E-state index contributed by atoms with van der Waals surface area (Å²) in [6, 6.07) is 13.7. The first kappa shape index (κ1) is 14.8. The number of hydrogen-bond donors (Lipinski definition) is 1. The van der Waals surface area contributed by atoms with Crippen molar-refractivity contribution in [3.63, 3.8) is 0 Å². The molecule has 0 spiro atoms. The van der Waals surface area contributed by atoms with Gasteiger partial charge in [-0.25, -0.2) is 4.79 Å². The largest absolute Gasteiger partial charge is 0.423 e. The van der Waals surface area contributed by atoms with Crippen molar-refractivity contribution in [3.8, 4) is 5.75 Å². The normalized spacial score (nSPS) is 11.1. The van der Waals surface area contributed by atoms with Crippen LogP contribution in [-0.2, 0) is 4.79 Å². The Kier molecular flexibility index (Phi) is 5.12. The molecule has 0 heterocycles. The molecule has 0 aromatic heterocycles. The van der Waals surface area contributed by atoms with Gasteiger partial charge >= 0.3 is 5.97 Å². The van der Waals surface area contributed by atoms with E-state index < -0.39 is 5.97 Å². The van der Waals surface area contributed by atoms with E-state index in [1.165, 1.54) is 12.3 Å². The molecule has 0 saturated carbocycles. The number of carbonyl (C=O) groups excluding carboxylic acids is 1. The molecule has 1 N–H and O–H groups in total. The van der Waals surface area contributed by atoms with Gasteiger partial charge in [0.15, 0.2) is 0 Å². The van der Waals surface area contributed by atoms with Crippen molar-refractivity contribution < 1.29 is 14.7 Å². The number of benzene rings is 2. The SMILES string of the molecule is O=C(/C=C/c1ccc(Cl)cc1)Oc1ccc(/C=N/O)cc1. The minimum Gasteiger partial charge on any atom is -0.423 e. The van der Waals surface area contributed by atoms with E-state index in [2.05, 4.69) is 5.16 Å². The number of rotatable bonds is 4. The highest BCUT2D eigenvalue weighted by atomic mass is 35.5. The minimum atomic E-state index is -0.478. The Bertz CT molecular complexity index is 661. The van der Waals surface area contributed by atoms with Crippen LogP contribution in [0, 0.1) is 0 Å². The lowest BCUT2D eigenvalue weighted by molar-refractivity contribution is -0.128. The average Bonchev–Trinajstić information content (AvgIpc) is 2.49. The van der Waals surface area contributed by atoms with Crippen LogP contribution in [0.1, 0.15) is 11.1 Å². The Balaban J connectivity index is 1.96. The lowest BCUT2D eigenvalue weighted by atomic mass is 10.2. The van der Waals surface area contributed by atoms with Gasteiger partial charge in [-0.2, -0.15) is 0 Å². The van der Waals surface area contributed by atoms with E-state index in [-0.39, 0.29) is 0 Å². The Hall–Kier alpha value is -2.59. The fourth-order valence-electron chi connectivity index (χ4n) is 1.58. The molecule has 4 nitrogen and oxygen atoms in total. The quantitative estimate of drug-likeness (QED) is 0.233. The van der Waals surface area contributed by atoms with Crippen LogP contribution in [-0.4, -0.2) is 17.4 Å². The first-order valence-corrected chi connectivity index (χ1v) is 6.48. The van der Waals surface area contributed by atoms with Crippen molar-refractivity contribution in [2.24, 2.45) is 5.16 Å². The Labute approximate surface area is 126 Å². The van der Waals surface area contributed by atoms with Crippen LogP contribution in [0.5, 0.6) is 5.75 Å². The summed E-state index contributed by atoms with van der Waals surface area (Å²) in [7, 11) is 0. The second-order valence-corrected chi connectivity index (χ2v) is 4.56. The summed E-state index contributed by atoms with van der Waals surface area (Å²) < 4.78 is 5.13. The van der Waals surface area contributed by atoms with Crippen molar-refractivity contribution in [1.29, 1.82) is 0 Å². The number of carbonyl (C=O) groups is 1. The topological polar surface area (TPSA) is 58.9 Å². The molecule has 0 aliphatic carbocycles. The van der Waals surface area contributed by atoms with Crippen molar-refractivity contribution in [3.05, 3.63) is 70.8 Å². The maximum Gasteiger partial charge on any atom is 0.336 e. The zero-order valence-corrected chi connectivity index (χ0v) is 11.7. The number of nitrogens with zero attached hydrogens (tertiary/aromatic N) is 1. The number of hydrogen-bond acceptors (Lipinski definition) is 4. The van der Waals surface area contributed by atoms with Gasteiger partial charge in [-0.1, -0.05) is 28.9 Å². The van der Waals surface area contributed by atoms with Gasteiger partial charge in [-0.15, -0.1) is 0 Å². The van der Waals surface area contributed by atoms with Gasteiger partial charge in [0.2, 0.25) is 0 Å². The maximum atomic E-state index is 11.7. The molecule has 2 rings (SSSR count). The van der Waals surface area contributed by atoms with Crippen LogP contribution in [0.25, 0.3) is 6.08 Å². The van der Waals surface area contributed by atoms with Crippen LogP contribution in [0.15, 0.2) is 59.8 Å². The van der Waals surface area contributed by atoms with Crippen LogP contribution < -0.4 is 4.74 Å². The van der Waals surface area contributed by atoms with Gasteiger partial charge in [0.25, 0.3) is 0 Å². The summed E-state index contributed by atoms with van der Waals surface area (Å²) >= 11 is 5.78. The summed E-state index contributed by atoms with van der Waals surface area (Å²) in [5.74, 6) is -0.0654. The Morgan fingerprint density at radius 2 is 1.67 bits per heavy atom. The second-order valence-electron chi connectivity index (χ2n) is 4.12. The summed E-state index contributed by atoms with van der Waals surface area (Å²) in [4.78, 5) is 11.7. The molecular weight excluding hydrogens is 290 g/mol. The van der Waals surface area contributed by atoms with Crippen LogP contribution in [0.2, 0.25) is 5.02 Å². The predicted molar refractivity (Wildman–Crippen MR) is 81.9 cm³/mol. The van der Waals surface area contributed by atoms with E-state index in [1.54, 1.807) is 54.6 Å². The van der Waals surface area contributed by atoms with Gasteiger partial charge in [0, 0.05) is 11.1 Å². The molecule has 2 aromatic rings. The van der Waals surface area contributed by atoms with Crippen molar-refractivity contribution in [2.45, 2.75) is 0 Å². The van der Waals surface area contributed by atoms with E-state index in [0.29, 0.717) is 16.3 Å². The summed E-state index contributed by atoms with van der Waals surface area (Å²) in [5.41, 5.74) is 1.56. The average molecular weight is 302 g/mol. The molecule has 0 radical (unpaired) electrons. The molecule has 2 aromatic carbocycles. The molecule has 0 aliphatic rings. The fourth-order valence-corrected chi connectivity index (χ4v) is 1.70. The number of ether oxygens (including phenoxy) is 1. The van der Waals surface area contributed by atoms with Gasteiger partial charge in [-0.3, -0.25) is 0 Å². The van der Waals surface area contributed by atoms with E-state index in [1.807, 2.05) is 0 Å². The van der Waals surface area contributed by atoms with Gasteiger partial charge in [0.05, 0.1) is 6.21 Å². The van der Waals surface area contributed by atoms with Gasteiger partial charge in [-0.05, 0) is 53.6 Å². The third-order valence-corrected chi connectivity index (χ3v) is 2.84. The molecule has 0 atom stereocenters. The van der Waals surface area contributed by atoms with Crippen molar-refractivity contribution in [1.82, 2.24) is 0 Å². The van der Waals surface area contributed by atoms with E-state index in [4.69, 9.17) is 21.5 Å². The number of esters is 1.